The summed E-state index contributed by atoms with van der Waals surface area (Å²) >= 11 is 0. The predicted octanol–water partition coefficient (Wildman–Crippen LogP) is 3.14. The molecule has 0 aromatic heterocycles. The minimum atomic E-state index is -0.460. The fourth-order valence-electron chi connectivity index (χ4n) is 5.86. The molecule has 5 rings (SSSR count). The van der Waals surface area contributed by atoms with E-state index < -0.39 is 6.10 Å². The molecule has 6 unspecified atom stereocenters. The molecule has 4 aliphatic heterocycles. The van der Waals surface area contributed by atoms with E-state index in [2.05, 4.69) is 41.4 Å². The zero-order chi connectivity index (χ0) is 18.5. The number of methoxy groups -OCH3 is 1. The quantitative estimate of drug-likeness (QED) is 0.772. The molecule has 2 saturated heterocycles. The van der Waals surface area contributed by atoms with Gasteiger partial charge in [-0.05, 0) is 49.9 Å². The molecule has 0 amide bonds. The van der Waals surface area contributed by atoms with Gasteiger partial charge in [-0.15, -0.1) is 0 Å². The van der Waals surface area contributed by atoms with Gasteiger partial charge < -0.3 is 14.8 Å². The summed E-state index contributed by atoms with van der Waals surface area (Å²) in [6, 6.07) is 9.74. The van der Waals surface area contributed by atoms with E-state index in [4.69, 9.17) is 9.47 Å². The third-order valence-electron chi connectivity index (χ3n) is 7.26. The molecule has 4 heterocycles. The predicted molar refractivity (Wildman–Crippen MR) is 103 cm³/mol. The van der Waals surface area contributed by atoms with Crippen LogP contribution >= 0.6 is 0 Å². The normalized spacial score (nSPS) is 37.3. The first-order valence-corrected chi connectivity index (χ1v) is 10.1. The van der Waals surface area contributed by atoms with E-state index in [1.165, 1.54) is 30.4 Å². The van der Waals surface area contributed by atoms with E-state index in [-0.39, 0.29) is 11.9 Å². The van der Waals surface area contributed by atoms with Crippen molar-refractivity contribution in [1.82, 2.24) is 4.90 Å². The number of carbonyl (C=O) groups is 1. The highest BCUT2D eigenvalue weighted by Crippen LogP contribution is 2.46. The van der Waals surface area contributed by atoms with Gasteiger partial charge in [0.25, 0.3) is 0 Å². The number of esters is 1. The average Bonchev–Trinajstić information content (AvgIpc) is 2.93. The average molecular weight is 368 g/mol. The number of rotatable bonds is 1. The Labute approximate surface area is 160 Å². The summed E-state index contributed by atoms with van der Waals surface area (Å²) in [6.45, 7) is 4.29. The van der Waals surface area contributed by atoms with Gasteiger partial charge in [-0.2, -0.15) is 0 Å². The van der Waals surface area contributed by atoms with Crippen LogP contribution in [0, 0.1) is 11.8 Å². The molecule has 2 fully saturated rings. The molecule has 0 aliphatic carbocycles. The molecule has 144 valence electrons. The summed E-state index contributed by atoms with van der Waals surface area (Å²) in [5, 5.41) is 3.77. The largest absolute Gasteiger partial charge is 0.486 e. The van der Waals surface area contributed by atoms with Crippen molar-refractivity contribution >= 4 is 11.7 Å². The molecule has 0 bridgehead atoms. The van der Waals surface area contributed by atoms with Crippen molar-refractivity contribution in [2.45, 2.75) is 50.3 Å². The fraction of sp³-hybridized carbons (Fsp3) is 0.591. The third-order valence-corrected chi connectivity index (χ3v) is 7.26. The topological polar surface area (TPSA) is 50.8 Å². The second kappa shape index (κ2) is 6.55. The maximum Gasteiger partial charge on any atom is 0.347 e. The van der Waals surface area contributed by atoms with Crippen LogP contribution in [0.4, 0.5) is 5.69 Å². The molecule has 6 atom stereocenters. The van der Waals surface area contributed by atoms with Crippen molar-refractivity contribution in [3.8, 4) is 0 Å². The van der Waals surface area contributed by atoms with Crippen molar-refractivity contribution in [2.75, 3.05) is 25.5 Å². The van der Waals surface area contributed by atoms with Gasteiger partial charge in [0.1, 0.15) is 0 Å². The van der Waals surface area contributed by atoms with Crippen LogP contribution in [0.15, 0.2) is 36.1 Å². The van der Waals surface area contributed by atoms with E-state index in [9.17, 15) is 4.79 Å². The number of para-hydroxylation sites is 1. The first-order chi connectivity index (χ1) is 13.2. The monoisotopic (exact) mass is 368 g/mol. The van der Waals surface area contributed by atoms with Crippen LogP contribution in [-0.2, 0) is 14.3 Å². The molecule has 0 spiro atoms. The summed E-state index contributed by atoms with van der Waals surface area (Å²) in [5.74, 6) is 0.958. The van der Waals surface area contributed by atoms with Crippen LogP contribution in [0.25, 0.3) is 0 Å². The maximum absolute atomic E-state index is 12.3. The Morgan fingerprint density at radius 2 is 2.11 bits per heavy atom. The lowest BCUT2D eigenvalue weighted by Gasteiger charge is -2.47. The third kappa shape index (κ3) is 2.75. The van der Waals surface area contributed by atoms with Gasteiger partial charge >= 0.3 is 5.97 Å². The van der Waals surface area contributed by atoms with E-state index in [1.807, 2.05) is 0 Å². The number of ether oxygens (including phenoxy) is 2. The molecular formula is C22H28N2O3. The van der Waals surface area contributed by atoms with Gasteiger partial charge in [0.05, 0.1) is 13.4 Å². The van der Waals surface area contributed by atoms with Crippen LogP contribution < -0.4 is 5.32 Å². The van der Waals surface area contributed by atoms with Crippen LogP contribution in [0.5, 0.6) is 0 Å². The van der Waals surface area contributed by atoms with Gasteiger partial charge in [0, 0.05) is 42.1 Å². The van der Waals surface area contributed by atoms with Gasteiger partial charge in [-0.25, -0.2) is 4.79 Å². The smallest absolute Gasteiger partial charge is 0.347 e. The molecular weight excluding hydrogens is 340 g/mol. The van der Waals surface area contributed by atoms with Gasteiger partial charge in [0.2, 0.25) is 0 Å². The molecule has 5 nitrogen and oxygen atoms in total. The van der Waals surface area contributed by atoms with Crippen molar-refractivity contribution < 1.29 is 14.3 Å². The zero-order valence-corrected chi connectivity index (χ0v) is 16.1. The highest BCUT2D eigenvalue weighted by Gasteiger charge is 2.48. The van der Waals surface area contributed by atoms with Crippen molar-refractivity contribution in [2.24, 2.45) is 11.8 Å². The minimum Gasteiger partial charge on any atom is -0.486 e. The SMILES string of the molecule is COC(=O)C1OC=C(C)C2CN3CCC4c5ccccc5NC4CC3CC21. The Hall–Kier alpha value is -2.01. The van der Waals surface area contributed by atoms with E-state index >= 15 is 0 Å². The summed E-state index contributed by atoms with van der Waals surface area (Å²) in [4.78, 5) is 15.0. The summed E-state index contributed by atoms with van der Waals surface area (Å²) in [5.41, 5.74) is 4.04. The van der Waals surface area contributed by atoms with E-state index in [0.717, 1.165) is 25.9 Å². The standard InChI is InChI=1S/C22H28N2O3/c1-13-12-27-21(22(25)26-2)17-9-14-10-20-16(7-8-24(14)11-18(13)17)15-5-3-4-6-19(15)23-20/h3-6,12,14,16-18,20-21,23H,7-11H2,1-2H3. The Kier molecular flexibility index (Phi) is 4.15. The number of nitrogens with zero attached hydrogens (tertiary/aromatic N) is 1. The van der Waals surface area contributed by atoms with E-state index in [0.29, 0.717) is 23.9 Å². The molecule has 1 aromatic rings. The first-order valence-electron chi connectivity index (χ1n) is 10.1. The number of hydrogen-bond acceptors (Lipinski definition) is 5. The van der Waals surface area contributed by atoms with Crippen molar-refractivity contribution in [3.05, 3.63) is 41.7 Å². The molecule has 27 heavy (non-hydrogen) atoms. The number of fused-ring (bicyclic) bond motifs is 5. The number of anilines is 1. The summed E-state index contributed by atoms with van der Waals surface area (Å²) < 4.78 is 10.8. The van der Waals surface area contributed by atoms with Crippen LogP contribution in [-0.4, -0.2) is 49.3 Å². The lowest BCUT2D eigenvalue weighted by molar-refractivity contribution is -0.158. The highest BCUT2D eigenvalue weighted by atomic mass is 16.6. The fourth-order valence-corrected chi connectivity index (χ4v) is 5.86. The van der Waals surface area contributed by atoms with Crippen LogP contribution in [0.3, 0.4) is 0 Å². The Balaban J connectivity index is 1.40. The highest BCUT2D eigenvalue weighted by molar-refractivity contribution is 5.75. The number of nitrogens with one attached hydrogen (secondary N) is 1. The second-order valence-electron chi connectivity index (χ2n) is 8.57. The number of benzene rings is 1. The maximum atomic E-state index is 12.3. The zero-order valence-electron chi connectivity index (χ0n) is 16.1. The molecule has 1 aromatic carbocycles. The molecule has 0 radical (unpaired) electrons. The molecule has 5 heteroatoms. The Morgan fingerprint density at radius 3 is 2.96 bits per heavy atom. The Morgan fingerprint density at radius 1 is 1.26 bits per heavy atom. The number of hydrogen-bond donors (Lipinski definition) is 1. The number of piperidine rings is 1. The van der Waals surface area contributed by atoms with Gasteiger partial charge in [-0.1, -0.05) is 18.2 Å². The lowest BCUT2D eigenvalue weighted by Crippen LogP contribution is -2.54. The van der Waals surface area contributed by atoms with E-state index in [1.54, 1.807) is 6.26 Å². The molecule has 0 saturated carbocycles. The van der Waals surface area contributed by atoms with Gasteiger partial charge in [-0.3, -0.25) is 4.90 Å². The summed E-state index contributed by atoms with van der Waals surface area (Å²) in [6.07, 6.45) is 4.64. The second-order valence-corrected chi connectivity index (χ2v) is 8.57. The summed E-state index contributed by atoms with van der Waals surface area (Å²) in [7, 11) is 1.46. The Bertz CT molecular complexity index is 777. The van der Waals surface area contributed by atoms with Crippen LogP contribution in [0.1, 0.15) is 37.7 Å². The lowest BCUT2D eigenvalue weighted by atomic mass is 9.73. The van der Waals surface area contributed by atoms with Crippen molar-refractivity contribution in [3.63, 3.8) is 0 Å². The molecule has 1 N–H and O–H groups in total. The number of carbonyl (C=O) groups excluding carboxylic acids is 1. The molecule has 4 aliphatic rings. The van der Waals surface area contributed by atoms with Crippen LogP contribution in [0.2, 0.25) is 0 Å². The minimum absolute atomic E-state index is 0.212. The first kappa shape index (κ1) is 17.1. The van der Waals surface area contributed by atoms with Gasteiger partial charge in [0.15, 0.2) is 6.10 Å². The van der Waals surface area contributed by atoms with Crippen molar-refractivity contribution in [1.29, 1.82) is 0 Å².